The first-order valence-corrected chi connectivity index (χ1v) is 8.15. The maximum atomic E-state index is 11.3. The normalized spacial score (nSPS) is 28.8. The minimum absolute atomic E-state index is 0.0932. The van der Waals surface area contributed by atoms with Crippen LogP contribution in [0.1, 0.15) is 33.1 Å². The molecule has 0 unspecified atom stereocenters. The van der Waals surface area contributed by atoms with Gasteiger partial charge in [-0.2, -0.15) is 8.42 Å². The minimum Gasteiger partial charge on any atom is -0.368 e. The predicted octanol–water partition coefficient (Wildman–Crippen LogP) is 1.19. The lowest BCUT2D eigenvalue weighted by atomic mass is 9.96. The largest absolute Gasteiger partial charge is 0.368 e. The molecule has 2 N–H and O–H groups in total. The summed E-state index contributed by atoms with van der Waals surface area (Å²) >= 11 is 0. The maximum Gasteiger partial charge on any atom is 0.264 e. The second-order valence-electron chi connectivity index (χ2n) is 4.63. The molecule has 0 bridgehead atoms. The van der Waals surface area contributed by atoms with E-state index in [1.807, 2.05) is 26.0 Å². The highest BCUT2D eigenvalue weighted by Crippen LogP contribution is 2.22. The molecule has 0 fully saturated rings. The molecule has 6 heteroatoms. The van der Waals surface area contributed by atoms with E-state index >= 15 is 0 Å². The van der Waals surface area contributed by atoms with Crippen molar-refractivity contribution in [2.45, 2.75) is 57.5 Å². The summed E-state index contributed by atoms with van der Waals surface area (Å²) in [4.78, 5) is 0. The topological polar surface area (TPSA) is 78.6 Å². The molecule has 5 nitrogen and oxygen atoms in total. The second kappa shape index (κ2) is 6.65. The van der Waals surface area contributed by atoms with Crippen LogP contribution in [0.3, 0.4) is 0 Å². The number of ether oxygens (including phenoxy) is 1. The smallest absolute Gasteiger partial charge is 0.264 e. The Morgan fingerprint density at radius 1 is 1.39 bits per heavy atom. The summed E-state index contributed by atoms with van der Waals surface area (Å²) in [5.74, 6) is 0. The van der Waals surface area contributed by atoms with Crippen LogP contribution in [0.15, 0.2) is 12.2 Å². The zero-order valence-corrected chi connectivity index (χ0v) is 12.0. The van der Waals surface area contributed by atoms with Gasteiger partial charge in [0.15, 0.2) is 0 Å². The van der Waals surface area contributed by atoms with Crippen molar-refractivity contribution in [3.8, 4) is 0 Å². The van der Waals surface area contributed by atoms with E-state index in [9.17, 15) is 8.42 Å². The third kappa shape index (κ3) is 4.68. The molecule has 18 heavy (non-hydrogen) atoms. The fourth-order valence-corrected chi connectivity index (χ4v) is 2.67. The summed E-state index contributed by atoms with van der Waals surface area (Å²) in [6.07, 6.45) is 6.21. The summed E-state index contributed by atoms with van der Waals surface area (Å²) in [6, 6.07) is -0.357. The Labute approximate surface area is 109 Å². The van der Waals surface area contributed by atoms with Crippen LogP contribution >= 0.6 is 0 Å². The summed E-state index contributed by atoms with van der Waals surface area (Å²) in [5.41, 5.74) is 5.91. The summed E-state index contributed by atoms with van der Waals surface area (Å²) in [5, 5.41) is 0. The molecule has 0 aromatic rings. The Hall–Kier alpha value is -0.430. The molecular weight excluding hydrogens is 254 g/mol. The Bertz CT molecular complexity index is 376. The van der Waals surface area contributed by atoms with Crippen molar-refractivity contribution in [2.75, 3.05) is 6.26 Å². The molecule has 0 saturated carbocycles. The molecule has 0 saturated heterocycles. The lowest BCUT2D eigenvalue weighted by Gasteiger charge is -2.33. The minimum atomic E-state index is -3.53. The van der Waals surface area contributed by atoms with E-state index in [1.54, 1.807) is 0 Å². The van der Waals surface area contributed by atoms with E-state index in [2.05, 4.69) is 0 Å². The molecular formula is C12H23NO4S. The first-order valence-electron chi connectivity index (χ1n) is 6.33. The fraction of sp³-hybridized carbons (Fsp3) is 0.833. The van der Waals surface area contributed by atoms with E-state index < -0.39 is 22.3 Å². The Balaban J connectivity index is 2.78. The second-order valence-corrected chi connectivity index (χ2v) is 6.23. The molecule has 1 rings (SSSR count). The van der Waals surface area contributed by atoms with Gasteiger partial charge in [0.1, 0.15) is 12.2 Å². The number of hydrogen-bond donors (Lipinski definition) is 1. The molecule has 1 aliphatic rings. The van der Waals surface area contributed by atoms with Crippen LogP contribution in [0.25, 0.3) is 0 Å². The van der Waals surface area contributed by atoms with Gasteiger partial charge in [-0.25, -0.2) is 0 Å². The highest BCUT2D eigenvalue weighted by Gasteiger charge is 2.33. The highest BCUT2D eigenvalue weighted by molar-refractivity contribution is 7.86. The SMILES string of the molecule is CCC(CC)O[C@@H]1C=CC[C@@H](N)[C@@H]1OS(C)(=O)=O. The van der Waals surface area contributed by atoms with Gasteiger partial charge in [0.05, 0.1) is 12.4 Å². The number of rotatable bonds is 6. The van der Waals surface area contributed by atoms with Crippen molar-refractivity contribution in [1.82, 2.24) is 0 Å². The third-order valence-corrected chi connectivity index (χ3v) is 3.60. The standard InChI is InChI=1S/C12H23NO4S/c1-4-9(5-2)16-11-8-6-7-10(13)12(11)17-18(3,14)15/h6,8-12H,4-5,7,13H2,1-3H3/t10-,11-,12+/m1/s1. The zero-order chi connectivity index (χ0) is 13.8. The average molecular weight is 277 g/mol. The van der Waals surface area contributed by atoms with Gasteiger partial charge in [-0.1, -0.05) is 26.0 Å². The van der Waals surface area contributed by atoms with Gasteiger partial charge in [-0.3, -0.25) is 4.18 Å². The Kier molecular flexibility index (Phi) is 5.78. The first kappa shape index (κ1) is 15.6. The van der Waals surface area contributed by atoms with Crippen LogP contribution in [0, 0.1) is 0 Å². The van der Waals surface area contributed by atoms with Gasteiger partial charge in [-0.15, -0.1) is 0 Å². The molecule has 0 heterocycles. The van der Waals surface area contributed by atoms with Gasteiger partial charge in [0, 0.05) is 6.04 Å². The van der Waals surface area contributed by atoms with Crippen molar-refractivity contribution in [2.24, 2.45) is 5.73 Å². The van der Waals surface area contributed by atoms with Gasteiger partial charge in [-0.05, 0) is 19.3 Å². The van der Waals surface area contributed by atoms with Gasteiger partial charge in [0.2, 0.25) is 0 Å². The van der Waals surface area contributed by atoms with Crippen molar-refractivity contribution in [3.63, 3.8) is 0 Å². The van der Waals surface area contributed by atoms with E-state index in [1.165, 1.54) is 0 Å². The van der Waals surface area contributed by atoms with Crippen LogP contribution < -0.4 is 5.73 Å². The third-order valence-electron chi connectivity index (χ3n) is 3.03. The Morgan fingerprint density at radius 3 is 2.50 bits per heavy atom. The molecule has 0 radical (unpaired) electrons. The van der Waals surface area contributed by atoms with Crippen molar-refractivity contribution in [1.29, 1.82) is 0 Å². The monoisotopic (exact) mass is 277 g/mol. The lowest BCUT2D eigenvalue weighted by Crippen LogP contribution is -2.48. The van der Waals surface area contributed by atoms with Gasteiger partial charge in [0.25, 0.3) is 10.1 Å². The van der Waals surface area contributed by atoms with Crippen LogP contribution in [-0.2, 0) is 19.0 Å². The van der Waals surface area contributed by atoms with Gasteiger partial charge >= 0.3 is 0 Å². The van der Waals surface area contributed by atoms with Crippen molar-refractivity contribution >= 4 is 10.1 Å². The number of nitrogens with two attached hydrogens (primary N) is 1. The van der Waals surface area contributed by atoms with E-state index in [-0.39, 0.29) is 12.1 Å². The van der Waals surface area contributed by atoms with Crippen LogP contribution in [0.4, 0.5) is 0 Å². The quantitative estimate of drug-likeness (QED) is 0.583. The molecule has 106 valence electrons. The van der Waals surface area contributed by atoms with Gasteiger partial charge < -0.3 is 10.5 Å². The fourth-order valence-electron chi connectivity index (χ4n) is 2.01. The van der Waals surface area contributed by atoms with E-state index in [0.717, 1.165) is 19.1 Å². The lowest BCUT2D eigenvalue weighted by molar-refractivity contribution is -0.0539. The van der Waals surface area contributed by atoms with Crippen molar-refractivity contribution < 1.29 is 17.3 Å². The first-order chi connectivity index (χ1) is 8.37. The summed E-state index contributed by atoms with van der Waals surface area (Å²) in [6.45, 7) is 4.07. The Morgan fingerprint density at radius 2 is 2.00 bits per heavy atom. The molecule has 0 amide bonds. The van der Waals surface area contributed by atoms with E-state index in [0.29, 0.717) is 6.42 Å². The zero-order valence-electron chi connectivity index (χ0n) is 11.2. The molecule has 0 spiro atoms. The van der Waals surface area contributed by atoms with Crippen LogP contribution in [-0.4, -0.2) is 39.0 Å². The predicted molar refractivity (Wildman–Crippen MR) is 70.7 cm³/mol. The molecule has 3 atom stereocenters. The molecule has 0 aromatic carbocycles. The summed E-state index contributed by atoms with van der Waals surface area (Å²) in [7, 11) is -3.53. The molecule has 0 aromatic heterocycles. The molecule has 0 aliphatic heterocycles. The summed E-state index contributed by atoms with van der Waals surface area (Å²) < 4.78 is 33.4. The maximum absolute atomic E-state index is 11.3. The van der Waals surface area contributed by atoms with E-state index in [4.69, 9.17) is 14.7 Å². The van der Waals surface area contributed by atoms with Crippen LogP contribution in [0.2, 0.25) is 0 Å². The molecule has 1 aliphatic carbocycles. The number of hydrogen-bond acceptors (Lipinski definition) is 5. The van der Waals surface area contributed by atoms with Crippen LogP contribution in [0.5, 0.6) is 0 Å². The average Bonchev–Trinajstić information content (AvgIpc) is 2.28. The van der Waals surface area contributed by atoms with Crippen molar-refractivity contribution in [3.05, 3.63) is 12.2 Å². The highest BCUT2D eigenvalue weighted by atomic mass is 32.2.